The Labute approximate surface area is 153 Å². The van der Waals surface area contributed by atoms with Crippen LogP contribution in [0.1, 0.15) is 41.4 Å². The lowest BCUT2D eigenvalue weighted by Gasteiger charge is -2.40. The van der Waals surface area contributed by atoms with Gasteiger partial charge in [0.2, 0.25) is 0 Å². The van der Waals surface area contributed by atoms with E-state index >= 15 is 0 Å². The summed E-state index contributed by atoms with van der Waals surface area (Å²) in [5.74, 6) is -0.427. The maximum absolute atomic E-state index is 11.7. The Bertz CT molecular complexity index is 765. The number of anilines is 1. The van der Waals surface area contributed by atoms with Crippen molar-refractivity contribution in [1.82, 2.24) is 9.88 Å². The standard InChI is InChI=1S/C20H25N3O3/c1-2-25-19(24)18-14-26-20(21-18)22-11-8-17(9-12-22)23-10-7-15-5-3-4-6-16(15)13-23/h3-6,14,17H,2,7-13H2,1H3. The first-order valence-corrected chi connectivity index (χ1v) is 9.43. The Morgan fingerprint density at radius 1 is 1.23 bits per heavy atom. The van der Waals surface area contributed by atoms with Gasteiger partial charge < -0.3 is 14.1 Å². The van der Waals surface area contributed by atoms with Gasteiger partial charge in [0.1, 0.15) is 6.26 Å². The van der Waals surface area contributed by atoms with E-state index in [4.69, 9.17) is 9.15 Å². The van der Waals surface area contributed by atoms with Gasteiger partial charge in [0.15, 0.2) is 5.69 Å². The molecule has 1 aromatic carbocycles. The molecular weight excluding hydrogens is 330 g/mol. The van der Waals surface area contributed by atoms with Crippen molar-refractivity contribution in [1.29, 1.82) is 0 Å². The number of hydrogen-bond donors (Lipinski definition) is 0. The van der Waals surface area contributed by atoms with E-state index in [1.165, 1.54) is 17.4 Å². The summed E-state index contributed by atoms with van der Waals surface area (Å²) in [5, 5.41) is 0. The summed E-state index contributed by atoms with van der Waals surface area (Å²) in [6.07, 6.45) is 4.69. The summed E-state index contributed by atoms with van der Waals surface area (Å²) in [6.45, 7) is 6.09. The van der Waals surface area contributed by atoms with E-state index < -0.39 is 5.97 Å². The molecule has 2 aliphatic rings. The average Bonchev–Trinajstić information content (AvgIpc) is 3.18. The first-order chi connectivity index (χ1) is 12.7. The molecule has 6 nitrogen and oxygen atoms in total. The average molecular weight is 355 g/mol. The number of carbonyl (C=O) groups excluding carboxylic acids is 1. The smallest absolute Gasteiger partial charge is 0.360 e. The SMILES string of the molecule is CCOC(=O)c1coc(N2CCC(N3CCc4ccccc4C3)CC2)n1. The summed E-state index contributed by atoms with van der Waals surface area (Å²) in [5.41, 5.74) is 3.21. The summed E-state index contributed by atoms with van der Waals surface area (Å²) in [4.78, 5) is 20.8. The number of fused-ring (bicyclic) bond motifs is 1. The lowest BCUT2D eigenvalue weighted by atomic mass is 9.95. The highest BCUT2D eigenvalue weighted by Gasteiger charge is 2.29. The molecule has 3 heterocycles. The molecule has 0 N–H and O–H groups in total. The third-order valence-electron chi connectivity index (χ3n) is 5.39. The minimum absolute atomic E-state index is 0.247. The number of piperidine rings is 1. The number of esters is 1. The Kier molecular flexibility index (Phi) is 4.93. The molecule has 1 saturated heterocycles. The largest absolute Gasteiger partial charge is 0.461 e. The van der Waals surface area contributed by atoms with Gasteiger partial charge in [-0.25, -0.2) is 4.79 Å². The number of carbonyl (C=O) groups is 1. The summed E-state index contributed by atoms with van der Waals surface area (Å²) >= 11 is 0. The second kappa shape index (κ2) is 7.50. The van der Waals surface area contributed by atoms with E-state index in [1.54, 1.807) is 6.92 Å². The Morgan fingerprint density at radius 3 is 2.77 bits per heavy atom. The van der Waals surface area contributed by atoms with Crippen LogP contribution in [-0.2, 0) is 17.7 Å². The number of hydrogen-bond acceptors (Lipinski definition) is 6. The minimum atomic E-state index is -0.427. The maximum atomic E-state index is 11.7. The normalized spacial score (nSPS) is 18.6. The van der Waals surface area contributed by atoms with Crippen LogP contribution in [0, 0.1) is 0 Å². The second-order valence-electron chi connectivity index (χ2n) is 6.94. The highest BCUT2D eigenvalue weighted by molar-refractivity contribution is 5.87. The number of rotatable bonds is 4. The molecule has 1 aromatic heterocycles. The molecule has 0 radical (unpaired) electrons. The van der Waals surface area contributed by atoms with Crippen molar-refractivity contribution in [3.63, 3.8) is 0 Å². The van der Waals surface area contributed by atoms with E-state index in [2.05, 4.69) is 39.0 Å². The van der Waals surface area contributed by atoms with Crippen LogP contribution >= 0.6 is 0 Å². The minimum Gasteiger partial charge on any atom is -0.461 e. The van der Waals surface area contributed by atoms with Crippen molar-refractivity contribution in [3.8, 4) is 0 Å². The summed E-state index contributed by atoms with van der Waals surface area (Å²) < 4.78 is 10.5. The molecule has 0 aliphatic carbocycles. The fourth-order valence-electron chi connectivity index (χ4n) is 3.96. The molecule has 1 fully saturated rings. The lowest BCUT2D eigenvalue weighted by Crippen LogP contribution is -2.46. The molecule has 4 rings (SSSR count). The topological polar surface area (TPSA) is 58.8 Å². The van der Waals surface area contributed by atoms with Crippen LogP contribution in [0.5, 0.6) is 0 Å². The van der Waals surface area contributed by atoms with Gasteiger partial charge in [-0.15, -0.1) is 0 Å². The van der Waals surface area contributed by atoms with Crippen LogP contribution in [0.2, 0.25) is 0 Å². The van der Waals surface area contributed by atoms with Crippen molar-refractivity contribution in [2.24, 2.45) is 0 Å². The zero-order valence-corrected chi connectivity index (χ0v) is 15.2. The van der Waals surface area contributed by atoms with Crippen LogP contribution < -0.4 is 4.90 Å². The fraction of sp³-hybridized carbons (Fsp3) is 0.500. The maximum Gasteiger partial charge on any atom is 0.360 e. The molecule has 2 aromatic rings. The van der Waals surface area contributed by atoms with E-state index in [9.17, 15) is 4.79 Å². The number of aromatic nitrogens is 1. The zero-order valence-electron chi connectivity index (χ0n) is 15.2. The molecule has 6 heteroatoms. The highest BCUT2D eigenvalue weighted by Crippen LogP contribution is 2.26. The monoisotopic (exact) mass is 355 g/mol. The molecule has 26 heavy (non-hydrogen) atoms. The number of oxazole rings is 1. The first-order valence-electron chi connectivity index (χ1n) is 9.43. The number of benzene rings is 1. The van der Waals surface area contributed by atoms with Gasteiger partial charge in [-0.3, -0.25) is 4.90 Å². The van der Waals surface area contributed by atoms with Crippen LogP contribution in [0.3, 0.4) is 0 Å². The molecule has 0 spiro atoms. The molecule has 0 bridgehead atoms. The molecule has 138 valence electrons. The van der Waals surface area contributed by atoms with Crippen LogP contribution in [-0.4, -0.2) is 48.1 Å². The van der Waals surface area contributed by atoms with Crippen molar-refractivity contribution >= 4 is 12.0 Å². The second-order valence-corrected chi connectivity index (χ2v) is 6.94. The van der Waals surface area contributed by atoms with Gasteiger partial charge in [0, 0.05) is 32.2 Å². The Balaban J connectivity index is 1.34. The van der Waals surface area contributed by atoms with Gasteiger partial charge >= 0.3 is 5.97 Å². The molecule has 0 unspecified atom stereocenters. The van der Waals surface area contributed by atoms with Gasteiger partial charge in [0.25, 0.3) is 6.01 Å². The van der Waals surface area contributed by atoms with Crippen molar-refractivity contribution < 1.29 is 13.9 Å². The van der Waals surface area contributed by atoms with E-state index in [0.29, 0.717) is 18.7 Å². The molecule has 0 amide bonds. The van der Waals surface area contributed by atoms with Crippen molar-refractivity contribution in [2.45, 2.75) is 38.8 Å². The van der Waals surface area contributed by atoms with Crippen LogP contribution in [0.15, 0.2) is 34.9 Å². The van der Waals surface area contributed by atoms with E-state index in [1.807, 2.05) is 0 Å². The summed E-state index contributed by atoms with van der Waals surface area (Å²) in [7, 11) is 0. The lowest BCUT2D eigenvalue weighted by molar-refractivity contribution is 0.0519. The van der Waals surface area contributed by atoms with Gasteiger partial charge in [0.05, 0.1) is 6.61 Å². The van der Waals surface area contributed by atoms with E-state index in [0.717, 1.165) is 45.4 Å². The Hall–Kier alpha value is -2.34. The predicted molar refractivity (Wildman–Crippen MR) is 98.3 cm³/mol. The van der Waals surface area contributed by atoms with Gasteiger partial charge in [-0.2, -0.15) is 4.98 Å². The third-order valence-corrected chi connectivity index (χ3v) is 5.39. The van der Waals surface area contributed by atoms with Crippen molar-refractivity contribution in [2.75, 3.05) is 31.1 Å². The van der Waals surface area contributed by atoms with Crippen LogP contribution in [0.25, 0.3) is 0 Å². The predicted octanol–water partition coefficient (Wildman–Crippen LogP) is 2.88. The molecule has 0 saturated carbocycles. The van der Waals surface area contributed by atoms with Gasteiger partial charge in [-0.1, -0.05) is 24.3 Å². The van der Waals surface area contributed by atoms with Crippen molar-refractivity contribution in [3.05, 3.63) is 47.3 Å². The third kappa shape index (κ3) is 3.46. The number of nitrogens with zero attached hydrogens (tertiary/aromatic N) is 3. The summed E-state index contributed by atoms with van der Waals surface area (Å²) in [6, 6.07) is 9.89. The molecular formula is C20H25N3O3. The Morgan fingerprint density at radius 2 is 2.00 bits per heavy atom. The fourth-order valence-corrected chi connectivity index (χ4v) is 3.96. The van der Waals surface area contributed by atoms with E-state index in [-0.39, 0.29) is 5.69 Å². The quantitative estimate of drug-likeness (QED) is 0.786. The molecule has 2 aliphatic heterocycles. The van der Waals surface area contributed by atoms with Gasteiger partial charge in [-0.05, 0) is 37.3 Å². The zero-order chi connectivity index (χ0) is 17.9. The van der Waals surface area contributed by atoms with Crippen LogP contribution in [0.4, 0.5) is 6.01 Å². The first kappa shape index (κ1) is 17.1. The molecule has 0 atom stereocenters. The highest BCUT2D eigenvalue weighted by atomic mass is 16.5. The number of ether oxygens (including phenoxy) is 1.